The fourth-order valence-corrected chi connectivity index (χ4v) is 6.98. The van der Waals surface area contributed by atoms with Crippen LogP contribution in [0.5, 0.6) is 0 Å². The average Bonchev–Trinajstić information content (AvgIpc) is 3.26. The number of ether oxygens (including phenoxy) is 3. The Balaban J connectivity index is 4.40. The first kappa shape index (κ1) is 57.9. The number of carbonyl (C=O) groups excluding carboxylic acids is 3. The fourth-order valence-electron chi connectivity index (χ4n) is 6.98. The Hall–Kier alpha value is -3.15. The van der Waals surface area contributed by atoms with E-state index in [2.05, 4.69) is 81.5 Å². The largest absolute Gasteiger partial charge is 0.462 e. The van der Waals surface area contributed by atoms with E-state index in [0.717, 1.165) is 83.5 Å². The van der Waals surface area contributed by atoms with Gasteiger partial charge >= 0.3 is 17.9 Å². The van der Waals surface area contributed by atoms with Crippen LogP contribution in [0.25, 0.3) is 0 Å². The van der Waals surface area contributed by atoms with E-state index >= 15 is 0 Å². The Bertz CT molecular complexity index is 1160. The molecular weight excluding hydrogens is 757 g/mol. The lowest BCUT2D eigenvalue weighted by atomic mass is 10.0. The lowest BCUT2D eigenvalue weighted by Gasteiger charge is -2.18. The van der Waals surface area contributed by atoms with Crippen molar-refractivity contribution >= 4 is 17.9 Å². The third-order valence-corrected chi connectivity index (χ3v) is 10.8. The highest BCUT2D eigenvalue weighted by molar-refractivity contribution is 5.72. The Kier molecular flexibility index (Phi) is 46.9. The molecule has 0 saturated carbocycles. The van der Waals surface area contributed by atoms with Crippen LogP contribution in [0.4, 0.5) is 0 Å². The van der Waals surface area contributed by atoms with Gasteiger partial charge in [-0.2, -0.15) is 0 Å². The first-order valence-electron chi connectivity index (χ1n) is 25.5. The molecule has 350 valence electrons. The number of allylic oxidation sites excluding steroid dienone is 11. The predicted molar refractivity (Wildman–Crippen MR) is 261 cm³/mol. The standard InChI is InChI=1S/C55H94O6/c1-4-7-10-13-16-19-21-23-25-27-28-30-31-33-36-39-42-45-48-54(57)60-51-52(50-59-53(56)47-44-41-38-35-18-15-12-9-6-3)61-55(58)49-46-43-40-37-34-32-29-26-24-22-20-17-14-11-8-5-2/h9,12,18,21,23,25,27-28,30,35,41,44,52H,4-8,10-11,13-17,19-20,22,24,26,29,31-34,36-40,42-43,45-51H2,1-3H3/b12-9-,23-21-,27-25-,30-28-,35-18-,44-41-. The summed E-state index contributed by atoms with van der Waals surface area (Å²) in [5.74, 6) is -1.06. The summed E-state index contributed by atoms with van der Waals surface area (Å²) in [7, 11) is 0. The summed E-state index contributed by atoms with van der Waals surface area (Å²) in [5, 5.41) is 0. The van der Waals surface area contributed by atoms with Crippen LogP contribution in [-0.2, 0) is 28.6 Å². The lowest BCUT2D eigenvalue weighted by molar-refractivity contribution is -0.166. The summed E-state index contributed by atoms with van der Waals surface area (Å²) in [6, 6.07) is 0. The van der Waals surface area contributed by atoms with Gasteiger partial charge in [0.05, 0.1) is 6.42 Å². The van der Waals surface area contributed by atoms with Gasteiger partial charge in [0.25, 0.3) is 0 Å². The molecule has 0 heterocycles. The van der Waals surface area contributed by atoms with Gasteiger partial charge in [0.15, 0.2) is 6.10 Å². The quantitative estimate of drug-likeness (QED) is 0.0200. The molecule has 0 amide bonds. The van der Waals surface area contributed by atoms with Gasteiger partial charge in [-0.1, -0.05) is 235 Å². The molecule has 0 bridgehead atoms. The molecule has 6 nitrogen and oxygen atoms in total. The van der Waals surface area contributed by atoms with Crippen molar-refractivity contribution in [2.75, 3.05) is 13.2 Å². The fraction of sp³-hybridized carbons (Fsp3) is 0.727. The highest BCUT2D eigenvalue weighted by Crippen LogP contribution is 2.15. The second-order valence-corrected chi connectivity index (χ2v) is 16.8. The Labute approximate surface area is 376 Å². The molecule has 1 atom stereocenters. The average molecular weight is 851 g/mol. The molecule has 0 aromatic carbocycles. The predicted octanol–water partition coefficient (Wildman–Crippen LogP) is 16.6. The SMILES string of the molecule is CC/C=C\C/C=C\C/C=C\CC(=O)OCC(COC(=O)CCCCCCC\C=C/C=C\C=C/CCCCCCC)OC(=O)CCCCCCCCCCCCCCCCCC. The minimum absolute atomic E-state index is 0.112. The number of rotatable bonds is 45. The van der Waals surface area contributed by atoms with Crippen molar-refractivity contribution in [2.24, 2.45) is 0 Å². The van der Waals surface area contributed by atoms with E-state index < -0.39 is 12.1 Å². The topological polar surface area (TPSA) is 78.9 Å². The summed E-state index contributed by atoms with van der Waals surface area (Å²) in [6.07, 6.45) is 62.1. The summed E-state index contributed by atoms with van der Waals surface area (Å²) in [6.45, 7) is 6.40. The molecule has 0 aliphatic carbocycles. The lowest BCUT2D eigenvalue weighted by Crippen LogP contribution is -2.30. The van der Waals surface area contributed by atoms with Gasteiger partial charge in [0.1, 0.15) is 13.2 Å². The van der Waals surface area contributed by atoms with Crippen molar-refractivity contribution in [2.45, 2.75) is 245 Å². The third kappa shape index (κ3) is 47.7. The highest BCUT2D eigenvalue weighted by Gasteiger charge is 2.19. The maximum atomic E-state index is 12.8. The van der Waals surface area contributed by atoms with Gasteiger partial charge in [0, 0.05) is 12.8 Å². The second-order valence-electron chi connectivity index (χ2n) is 16.8. The van der Waals surface area contributed by atoms with E-state index in [1.807, 2.05) is 6.08 Å². The van der Waals surface area contributed by atoms with Crippen LogP contribution < -0.4 is 0 Å². The molecule has 0 saturated heterocycles. The molecule has 0 aromatic rings. The normalized spacial score (nSPS) is 12.6. The maximum Gasteiger partial charge on any atom is 0.309 e. The third-order valence-electron chi connectivity index (χ3n) is 10.8. The maximum absolute atomic E-state index is 12.8. The van der Waals surface area contributed by atoms with E-state index in [0.29, 0.717) is 12.8 Å². The van der Waals surface area contributed by atoms with Crippen molar-refractivity contribution in [3.63, 3.8) is 0 Å². The molecule has 0 aliphatic heterocycles. The molecular formula is C55H94O6. The van der Waals surface area contributed by atoms with Crippen LogP contribution in [0, 0.1) is 0 Å². The van der Waals surface area contributed by atoms with Gasteiger partial charge in [-0.25, -0.2) is 0 Å². The number of unbranched alkanes of at least 4 members (excludes halogenated alkanes) is 25. The summed E-state index contributed by atoms with van der Waals surface area (Å²) < 4.78 is 16.6. The van der Waals surface area contributed by atoms with Crippen LogP contribution in [0.2, 0.25) is 0 Å². The van der Waals surface area contributed by atoms with Gasteiger partial charge in [0.2, 0.25) is 0 Å². The Morgan fingerprint density at radius 1 is 0.377 bits per heavy atom. The van der Waals surface area contributed by atoms with Crippen molar-refractivity contribution in [1.29, 1.82) is 0 Å². The molecule has 0 spiro atoms. The number of hydrogen-bond donors (Lipinski definition) is 0. The molecule has 1 unspecified atom stereocenters. The van der Waals surface area contributed by atoms with Crippen LogP contribution >= 0.6 is 0 Å². The van der Waals surface area contributed by atoms with Crippen LogP contribution in [-0.4, -0.2) is 37.2 Å². The molecule has 0 radical (unpaired) electrons. The van der Waals surface area contributed by atoms with Gasteiger partial charge in [-0.05, 0) is 57.8 Å². The second kappa shape index (κ2) is 49.5. The van der Waals surface area contributed by atoms with Gasteiger partial charge < -0.3 is 14.2 Å². The minimum atomic E-state index is -0.816. The van der Waals surface area contributed by atoms with E-state index in [1.165, 1.54) is 116 Å². The molecule has 0 fully saturated rings. The zero-order valence-electron chi connectivity index (χ0n) is 39.9. The van der Waals surface area contributed by atoms with E-state index in [4.69, 9.17) is 14.2 Å². The van der Waals surface area contributed by atoms with Gasteiger partial charge in [-0.15, -0.1) is 0 Å². The summed E-state index contributed by atoms with van der Waals surface area (Å²) >= 11 is 0. The van der Waals surface area contributed by atoms with Crippen molar-refractivity contribution in [3.8, 4) is 0 Å². The smallest absolute Gasteiger partial charge is 0.309 e. The summed E-state index contributed by atoms with van der Waals surface area (Å²) in [5.41, 5.74) is 0. The first-order valence-corrected chi connectivity index (χ1v) is 25.5. The molecule has 6 heteroatoms. The summed E-state index contributed by atoms with van der Waals surface area (Å²) in [4.78, 5) is 37.8. The van der Waals surface area contributed by atoms with Crippen molar-refractivity contribution in [1.82, 2.24) is 0 Å². The highest BCUT2D eigenvalue weighted by atomic mass is 16.6. The Morgan fingerprint density at radius 3 is 1.21 bits per heavy atom. The Morgan fingerprint density at radius 2 is 0.754 bits per heavy atom. The first-order chi connectivity index (χ1) is 30.0. The van der Waals surface area contributed by atoms with E-state index in [1.54, 1.807) is 6.08 Å². The van der Waals surface area contributed by atoms with Crippen LogP contribution in [0.15, 0.2) is 72.9 Å². The molecule has 0 aliphatic rings. The number of carbonyl (C=O) groups is 3. The minimum Gasteiger partial charge on any atom is -0.462 e. The van der Waals surface area contributed by atoms with Crippen LogP contribution in [0.3, 0.4) is 0 Å². The monoisotopic (exact) mass is 851 g/mol. The van der Waals surface area contributed by atoms with Gasteiger partial charge in [-0.3, -0.25) is 14.4 Å². The van der Waals surface area contributed by atoms with E-state index in [9.17, 15) is 14.4 Å². The van der Waals surface area contributed by atoms with E-state index in [-0.39, 0.29) is 31.6 Å². The van der Waals surface area contributed by atoms with Crippen molar-refractivity contribution < 1.29 is 28.6 Å². The molecule has 0 aromatic heterocycles. The zero-order valence-corrected chi connectivity index (χ0v) is 39.9. The van der Waals surface area contributed by atoms with Crippen molar-refractivity contribution in [3.05, 3.63) is 72.9 Å². The molecule has 0 N–H and O–H groups in total. The zero-order chi connectivity index (χ0) is 44.4. The number of esters is 3. The molecule has 61 heavy (non-hydrogen) atoms. The molecule has 0 rings (SSSR count). The number of hydrogen-bond acceptors (Lipinski definition) is 6. The van der Waals surface area contributed by atoms with Crippen LogP contribution in [0.1, 0.15) is 239 Å².